The third-order valence-corrected chi connectivity index (χ3v) is 4.28. The Morgan fingerprint density at radius 2 is 1.68 bits per heavy atom. The van der Waals surface area contributed by atoms with Crippen LogP contribution in [0.15, 0.2) is 36.4 Å². The second kappa shape index (κ2) is 7.37. The predicted octanol–water partition coefficient (Wildman–Crippen LogP) is 2.24. The lowest BCUT2D eigenvalue weighted by Gasteiger charge is -2.35. The Morgan fingerprint density at radius 3 is 2.28 bits per heavy atom. The molecule has 1 aromatic heterocycles. The van der Waals surface area contributed by atoms with Gasteiger partial charge in [0.15, 0.2) is 11.5 Å². The number of hydrogen-bond donors (Lipinski definition) is 1. The molecule has 1 aromatic carbocycles. The summed E-state index contributed by atoms with van der Waals surface area (Å²) in [6.45, 7) is 4.41. The molecule has 2 heterocycles. The summed E-state index contributed by atoms with van der Waals surface area (Å²) in [5.41, 5.74) is 5.15. The highest BCUT2D eigenvalue weighted by atomic mass is 19.4. The van der Waals surface area contributed by atoms with Crippen molar-refractivity contribution in [3.05, 3.63) is 42.1 Å². The largest absolute Gasteiger partial charge is 0.435 e. The molecule has 2 aromatic rings. The van der Waals surface area contributed by atoms with Gasteiger partial charge in [0.1, 0.15) is 0 Å². The molecule has 0 amide bonds. The molecule has 0 atom stereocenters. The average Bonchev–Trinajstić information content (AvgIpc) is 2.62. The molecule has 25 heavy (non-hydrogen) atoms. The van der Waals surface area contributed by atoms with Gasteiger partial charge >= 0.3 is 6.18 Å². The number of piperazine rings is 1. The molecule has 0 radical (unpaired) electrons. The molecule has 0 unspecified atom stereocenters. The fraction of sp³-hybridized carbons (Fsp3) is 0.412. The molecule has 134 valence electrons. The number of anilines is 1. The fourth-order valence-electron chi connectivity index (χ4n) is 2.97. The SMILES string of the molecule is NCCN1CCN(c2cc(-c3ccccc3)c(C(F)(F)F)nn2)CC1. The Bertz CT molecular complexity index is 697. The number of alkyl halides is 3. The van der Waals surface area contributed by atoms with Crippen LogP contribution in [0, 0.1) is 0 Å². The summed E-state index contributed by atoms with van der Waals surface area (Å²) in [5.74, 6) is 0.472. The zero-order chi connectivity index (χ0) is 17.9. The van der Waals surface area contributed by atoms with Crippen molar-refractivity contribution in [2.24, 2.45) is 5.73 Å². The first-order valence-electron chi connectivity index (χ1n) is 8.17. The van der Waals surface area contributed by atoms with E-state index in [4.69, 9.17) is 5.73 Å². The molecular weight excluding hydrogens is 331 g/mol. The zero-order valence-corrected chi connectivity index (χ0v) is 13.7. The quantitative estimate of drug-likeness (QED) is 0.916. The van der Waals surface area contributed by atoms with Gasteiger partial charge in [-0.1, -0.05) is 30.3 Å². The molecule has 0 saturated carbocycles. The van der Waals surface area contributed by atoms with Crippen molar-refractivity contribution >= 4 is 5.82 Å². The van der Waals surface area contributed by atoms with Gasteiger partial charge in [-0.3, -0.25) is 4.90 Å². The summed E-state index contributed by atoms with van der Waals surface area (Å²) >= 11 is 0. The molecule has 2 N–H and O–H groups in total. The molecule has 1 fully saturated rings. The standard InChI is InChI=1S/C17H20F3N5/c18-17(19,20)16-14(13-4-2-1-3-5-13)12-15(22-23-16)25-10-8-24(7-6-21)9-11-25/h1-5,12H,6-11,21H2. The van der Waals surface area contributed by atoms with E-state index in [9.17, 15) is 13.2 Å². The van der Waals surface area contributed by atoms with Crippen LogP contribution in [-0.2, 0) is 6.18 Å². The van der Waals surface area contributed by atoms with Crippen LogP contribution < -0.4 is 10.6 Å². The van der Waals surface area contributed by atoms with E-state index in [1.165, 1.54) is 6.07 Å². The van der Waals surface area contributed by atoms with Gasteiger partial charge in [0, 0.05) is 44.8 Å². The molecule has 3 rings (SSSR count). The van der Waals surface area contributed by atoms with Crippen molar-refractivity contribution < 1.29 is 13.2 Å². The first-order chi connectivity index (χ1) is 12.0. The second-order valence-electron chi connectivity index (χ2n) is 5.95. The van der Waals surface area contributed by atoms with Gasteiger partial charge < -0.3 is 10.6 Å². The normalized spacial score (nSPS) is 16.2. The van der Waals surface area contributed by atoms with Crippen LogP contribution in [0.2, 0.25) is 0 Å². The lowest BCUT2D eigenvalue weighted by Crippen LogP contribution is -2.48. The van der Waals surface area contributed by atoms with Crippen LogP contribution in [0.1, 0.15) is 5.69 Å². The molecule has 0 spiro atoms. The number of nitrogens with two attached hydrogens (primary N) is 1. The number of benzene rings is 1. The second-order valence-corrected chi connectivity index (χ2v) is 5.95. The van der Waals surface area contributed by atoms with Gasteiger partial charge in [-0.05, 0) is 11.6 Å². The minimum atomic E-state index is -4.55. The van der Waals surface area contributed by atoms with E-state index in [1.54, 1.807) is 30.3 Å². The van der Waals surface area contributed by atoms with Crippen molar-refractivity contribution in [2.45, 2.75) is 6.18 Å². The fourth-order valence-corrected chi connectivity index (χ4v) is 2.97. The summed E-state index contributed by atoms with van der Waals surface area (Å²) in [5, 5.41) is 7.35. The lowest BCUT2D eigenvalue weighted by atomic mass is 10.0. The summed E-state index contributed by atoms with van der Waals surface area (Å²) in [4.78, 5) is 4.19. The number of hydrogen-bond acceptors (Lipinski definition) is 5. The Balaban J connectivity index is 1.90. The summed E-state index contributed by atoms with van der Waals surface area (Å²) in [7, 11) is 0. The maximum Gasteiger partial charge on any atom is 0.435 e. The van der Waals surface area contributed by atoms with Crippen LogP contribution >= 0.6 is 0 Å². The number of aromatic nitrogens is 2. The Morgan fingerprint density at radius 1 is 1.00 bits per heavy atom. The van der Waals surface area contributed by atoms with Crippen molar-refractivity contribution in [1.29, 1.82) is 0 Å². The topological polar surface area (TPSA) is 58.3 Å². The Kier molecular flexibility index (Phi) is 5.19. The molecule has 5 nitrogen and oxygen atoms in total. The lowest BCUT2D eigenvalue weighted by molar-refractivity contribution is -0.141. The van der Waals surface area contributed by atoms with E-state index < -0.39 is 11.9 Å². The predicted molar refractivity (Wildman–Crippen MR) is 90.2 cm³/mol. The third kappa shape index (κ3) is 4.08. The summed E-state index contributed by atoms with van der Waals surface area (Å²) in [6, 6.07) is 9.97. The highest BCUT2D eigenvalue weighted by Crippen LogP contribution is 2.36. The van der Waals surface area contributed by atoms with Gasteiger partial charge in [-0.15, -0.1) is 10.2 Å². The maximum atomic E-state index is 13.3. The van der Waals surface area contributed by atoms with Crippen molar-refractivity contribution in [1.82, 2.24) is 15.1 Å². The zero-order valence-electron chi connectivity index (χ0n) is 13.7. The van der Waals surface area contributed by atoms with Gasteiger partial charge in [-0.25, -0.2) is 0 Å². The van der Waals surface area contributed by atoms with Crippen LogP contribution in [0.4, 0.5) is 19.0 Å². The van der Waals surface area contributed by atoms with Crippen LogP contribution in [0.3, 0.4) is 0 Å². The van der Waals surface area contributed by atoms with Crippen molar-refractivity contribution in [3.8, 4) is 11.1 Å². The molecule has 1 aliphatic rings. The molecule has 0 aliphatic carbocycles. The molecule has 0 bridgehead atoms. The van der Waals surface area contributed by atoms with Crippen molar-refractivity contribution in [3.63, 3.8) is 0 Å². The number of halogens is 3. The Labute approximate surface area is 144 Å². The van der Waals surface area contributed by atoms with E-state index in [2.05, 4.69) is 15.1 Å². The van der Waals surface area contributed by atoms with Crippen LogP contribution in [-0.4, -0.2) is 54.4 Å². The van der Waals surface area contributed by atoms with Gasteiger partial charge in [0.25, 0.3) is 0 Å². The monoisotopic (exact) mass is 351 g/mol. The molecule has 8 heteroatoms. The Hall–Kier alpha value is -2.19. The highest BCUT2D eigenvalue weighted by Gasteiger charge is 2.37. The molecule has 1 saturated heterocycles. The van der Waals surface area contributed by atoms with E-state index in [0.717, 1.165) is 19.6 Å². The highest BCUT2D eigenvalue weighted by molar-refractivity contribution is 5.69. The minimum absolute atomic E-state index is 0.0579. The summed E-state index contributed by atoms with van der Waals surface area (Å²) < 4.78 is 39.9. The van der Waals surface area contributed by atoms with Crippen molar-refractivity contribution in [2.75, 3.05) is 44.2 Å². The first kappa shape index (κ1) is 17.6. The van der Waals surface area contributed by atoms with Gasteiger partial charge in [0.05, 0.1) is 0 Å². The minimum Gasteiger partial charge on any atom is -0.353 e. The van der Waals surface area contributed by atoms with E-state index >= 15 is 0 Å². The maximum absolute atomic E-state index is 13.3. The molecular formula is C17H20F3N5. The first-order valence-corrected chi connectivity index (χ1v) is 8.17. The number of rotatable bonds is 4. The van der Waals surface area contributed by atoms with E-state index in [1.807, 2.05) is 4.90 Å². The average molecular weight is 351 g/mol. The molecule has 1 aliphatic heterocycles. The number of nitrogens with zero attached hydrogens (tertiary/aromatic N) is 4. The van der Waals surface area contributed by atoms with Gasteiger partial charge in [0.2, 0.25) is 0 Å². The smallest absolute Gasteiger partial charge is 0.353 e. The third-order valence-electron chi connectivity index (χ3n) is 4.28. The van der Waals surface area contributed by atoms with Crippen LogP contribution in [0.25, 0.3) is 11.1 Å². The van der Waals surface area contributed by atoms with E-state index in [0.29, 0.717) is 31.0 Å². The summed E-state index contributed by atoms with van der Waals surface area (Å²) in [6.07, 6.45) is -4.55. The van der Waals surface area contributed by atoms with Crippen LogP contribution in [0.5, 0.6) is 0 Å². The van der Waals surface area contributed by atoms with Gasteiger partial charge in [-0.2, -0.15) is 13.2 Å². The van der Waals surface area contributed by atoms with E-state index in [-0.39, 0.29) is 5.56 Å².